The summed E-state index contributed by atoms with van der Waals surface area (Å²) in [5, 5.41) is 3.46. The Morgan fingerprint density at radius 1 is 1.42 bits per heavy atom. The van der Waals surface area contributed by atoms with E-state index in [2.05, 4.69) is 15.3 Å². The molecule has 1 fully saturated rings. The Morgan fingerprint density at radius 2 is 2.26 bits per heavy atom. The summed E-state index contributed by atoms with van der Waals surface area (Å²) in [6, 6.07) is 7.30. The van der Waals surface area contributed by atoms with Gasteiger partial charge in [0.15, 0.2) is 0 Å². The highest BCUT2D eigenvalue weighted by molar-refractivity contribution is 5.61. The van der Waals surface area contributed by atoms with E-state index in [0.717, 1.165) is 41.8 Å². The zero-order valence-electron chi connectivity index (χ0n) is 11.0. The Kier molecular flexibility index (Phi) is 3.34. The van der Waals surface area contributed by atoms with Gasteiger partial charge in [-0.05, 0) is 31.9 Å². The maximum atomic E-state index is 13.2. The van der Waals surface area contributed by atoms with Crippen molar-refractivity contribution in [2.75, 3.05) is 6.54 Å². The number of aryl methyl sites for hydroxylation is 1. The van der Waals surface area contributed by atoms with Crippen molar-refractivity contribution in [3.05, 3.63) is 41.6 Å². The second-order valence-electron chi connectivity index (χ2n) is 5.15. The van der Waals surface area contributed by atoms with Gasteiger partial charge in [-0.25, -0.2) is 9.37 Å². The zero-order valence-corrected chi connectivity index (χ0v) is 11.0. The zero-order chi connectivity index (χ0) is 13.2. The largest absolute Gasteiger partial charge is 0.346 e. The summed E-state index contributed by atoms with van der Waals surface area (Å²) in [5.74, 6) is 0.738. The lowest BCUT2D eigenvalue weighted by Crippen LogP contribution is -2.19. The van der Waals surface area contributed by atoms with Gasteiger partial charge in [-0.1, -0.05) is 12.1 Å². The summed E-state index contributed by atoms with van der Waals surface area (Å²) in [7, 11) is 0. The van der Waals surface area contributed by atoms with Crippen LogP contribution in [0.5, 0.6) is 0 Å². The number of nitrogens with zero attached hydrogens (tertiary/aromatic N) is 1. The van der Waals surface area contributed by atoms with Crippen LogP contribution in [0.15, 0.2) is 24.3 Å². The molecule has 0 aliphatic heterocycles. The van der Waals surface area contributed by atoms with E-state index >= 15 is 0 Å². The molecule has 0 spiro atoms. The van der Waals surface area contributed by atoms with E-state index in [-0.39, 0.29) is 5.82 Å². The molecule has 1 heterocycles. The second kappa shape index (κ2) is 5.13. The highest BCUT2D eigenvalue weighted by atomic mass is 19.1. The van der Waals surface area contributed by atoms with Crippen LogP contribution in [-0.4, -0.2) is 22.6 Å². The lowest BCUT2D eigenvalue weighted by atomic mass is 10.1. The van der Waals surface area contributed by atoms with Crippen LogP contribution in [0, 0.1) is 12.7 Å². The van der Waals surface area contributed by atoms with Gasteiger partial charge in [0.2, 0.25) is 0 Å². The number of hydrogen-bond donors (Lipinski definition) is 2. The lowest BCUT2D eigenvalue weighted by Gasteiger charge is -1.99. The number of hydrogen-bond acceptors (Lipinski definition) is 2. The van der Waals surface area contributed by atoms with Crippen molar-refractivity contribution in [3.8, 4) is 11.3 Å². The summed E-state index contributed by atoms with van der Waals surface area (Å²) in [4.78, 5) is 7.86. The standard InChI is InChI=1S/C15H18FN3/c1-10-15(11-3-2-4-12(16)9-11)19-14(18-10)7-8-17-13-5-6-13/h2-4,9,13,17H,5-8H2,1H3,(H,18,19). The van der Waals surface area contributed by atoms with Crippen LogP contribution in [0.1, 0.15) is 24.4 Å². The van der Waals surface area contributed by atoms with Gasteiger partial charge in [-0.3, -0.25) is 0 Å². The first-order chi connectivity index (χ1) is 9.22. The van der Waals surface area contributed by atoms with Gasteiger partial charge < -0.3 is 10.3 Å². The Morgan fingerprint density at radius 3 is 3.00 bits per heavy atom. The van der Waals surface area contributed by atoms with Crippen LogP contribution in [0.4, 0.5) is 4.39 Å². The molecule has 3 rings (SSSR count). The fourth-order valence-electron chi connectivity index (χ4n) is 2.24. The Bertz CT molecular complexity index is 573. The molecule has 19 heavy (non-hydrogen) atoms. The molecule has 0 amide bonds. The Balaban J connectivity index is 1.72. The molecular weight excluding hydrogens is 241 g/mol. The van der Waals surface area contributed by atoms with Crippen LogP contribution >= 0.6 is 0 Å². The fraction of sp³-hybridized carbons (Fsp3) is 0.400. The van der Waals surface area contributed by atoms with E-state index in [0.29, 0.717) is 0 Å². The number of rotatable bonds is 5. The van der Waals surface area contributed by atoms with Crippen molar-refractivity contribution >= 4 is 0 Å². The van der Waals surface area contributed by atoms with Crippen LogP contribution in [0.25, 0.3) is 11.3 Å². The first-order valence-electron chi connectivity index (χ1n) is 6.77. The topological polar surface area (TPSA) is 40.7 Å². The van der Waals surface area contributed by atoms with E-state index in [1.807, 2.05) is 13.0 Å². The second-order valence-corrected chi connectivity index (χ2v) is 5.15. The molecule has 100 valence electrons. The van der Waals surface area contributed by atoms with E-state index in [9.17, 15) is 4.39 Å². The highest BCUT2D eigenvalue weighted by Gasteiger charge is 2.20. The average Bonchev–Trinajstić information content (AvgIpc) is 3.12. The first-order valence-corrected chi connectivity index (χ1v) is 6.77. The van der Waals surface area contributed by atoms with Crippen LogP contribution in [0.3, 0.4) is 0 Å². The molecule has 1 aliphatic carbocycles. The molecule has 3 nitrogen and oxygen atoms in total. The molecule has 0 saturated heterocycles. The smallest absolute Gasteiger partial charge is 0.123 e. The van der Waals surface area contributed by atoms with Crippen molar-refractivity contribution in [2.24, 2.45) is 0 Å². The summed E-state index contributed by atoms with van der Waals surface area (Å²) in [5.41, 5.74) is 2.67. The van der Waals surface area contributed by atoms with Crippen molar-refractivity contribution < 1.29 is 4.39 Å². The van der Waals surface area contributed by atoms with Crippen LogP contribution < -0.4 is 5.32 Å². The molecule has 2 N–H and O–H groups in total. The fourth-order valence-corrected chi connectivity index (χ4v) is 2.24. The maximum absolute atomic E-state index is 13.2. The Labute approximate surface area is 112 Å². The number of halogens is 1. The SMILES string of the molecule is Cc1[nH]c(CCNC2CC2)nc1-c1cccc(F)c1. The lowest BCUT2D eigenvalue weighted by molar-refractivity contribution is 0.628. The van der Waals surface area contributed by atoms with Gasteiger partial charge in [0.25, 0.3) is 0 Å². The molecule has 0 bridgehead atoms. The van der Waals surface area contributed by atoms with Crippen molar-refractivity contribution in [1.29, 1.82) is 0 Å². The molecule has 4 heteroatoms. The number of imidazole rings is 1. The van der Waals surface area contributed by atoms with Crippen LogP contribution in [-0.2, 0) is 6.42 Å². The predicted molar refractivity (Wildman–Crippen MR) is 73.4 cm³/mol. The number of nitrogens with one attached hydrogen (secondary N) is 2. The van der Waals surface area contributed by atoms with E-state index < -0.39 is 0 Å². The minimum Gasteiger partial charge on any atom is -0.346 e. The maximum Gasteiger partial charge on any atom is 0.123 e. The third-order valence-electron chi connectivity index (χ3n) is 3.40. The third-order valence-corrected chi connectivity index (χ3v) is 3.40. The van der Waals surface area contributed by atoms with E-state index in [1.165, 1.54) is 25.0 Å². The first kappa shape index (κ1) is 12.4. The molecule has 0 radical (unpaired) electrons. The molecule has 1 aromatic heterocycles. The number of aromatic nitrogens is 2. The van der Waals surface area contributed by atoms with Crippen molar-refractivity contribution in [1.82, 2.24) is 15.3 Å². The van der Waals surface area contributed by atoms with Gasteiger partial charge >= 0.3 is 0 Å². The van der Waals surface area contributed by atoms with Gasteiger partial charge in [0.05, 0.1) is 5.69 Å². The third kappa shape index (κ3) is 3.01. The average molecular weight is 259 g/mol. The quantitative estimate of drug-likeness (QED) is 0.867. The van der Waals surface area contributed by atoms with E-state index in [1.54, 1.807) is 6.07 Å². The van der Waals surface area contributed by atoms with Gasteiger partial charge in [-0.2, -0.15) is 0 Å². The van der Waals surface area contributed by atoms with Gasteiger partial charge in [0.1, 0.15) is 11.6 Å². The molecule has 1 aliphatic rings. The normalized spacial score (nSPS) is 14.8. The molecule has 0 unspecified atom stereocenters. The van der Waals surface area contributed by atoms with Crippen molar-refractivity contribution in [2.45, 2.75) is 32.2 Å². The van der Waals surface area contributed by atoms with Crippen LogP contribution in [0.2, 0.25) is 0 Å². The highest BCUT2D eigenvalue weighted by Crippen LogP contribution is 2.22. The van der Waals surface area contributed by atoms with Gasteiger partial charge in [-0.15, -0.1) is 0 Å². The van der Waals surface area contributed by atoms with E-state index in [4.69, 9.17) is 0 Å². The summed E-state index contributed by atoms with van der Waals surface area (Å²) in [6.45, 7) is 2.92. The van der Waals surface area contributed by atoms with Crippen molar-refractivity contribution in [3.63, 3.8) is 0 Å². The molecule has 1 saturated carbocycles. The van der Waals surface area contributed by atoms with Gasteiger partial charge in [0, 0.05) is 30.3 Å². The predicted octanol–water partition coefficient (Wildman–Crippen LogP) is 2.82. The Hall–Kier alpha value is -1.68. The monoisotopic (exact) mass is 259 g/mol. The number of H-pyrrole nitrogens is 1. The summed E-state index contributed by atoms with van der Waals surface area (Å²) >= 11 is 0. The number of aromatic amines is 1. The molecule has 1 aromatic carbocycles. The summed E-state index contributed by atoms with van der Waals surface area (Å²) < 4.78 is 13.2. The summed E-state index contributed by atoms with van der Waals surface area (Å²) in [6.07, 6.45) is 3.48. The molecular formula is C15H18FN3. The number of benzene rings is 1. The molecule has 0 atom stereocenters. The minimum atomic E-state index is -0.225. The minimum absolute atomic E-state index is 0.225. The molecule has 2 aromatic rings.